The Bertz CT molecular complexity index is 1360. The predicted molar refractivity (Wildman–Crippen MR) is 167 cm³/mol. The monoisotopic (exact) mass is 602 g/mol. The van der Waals surface area contributed by atoms with Gasteiger partial charge in [-0.25, -0.2) is 4.79 Å². The SMILES string of the molecule is C[C@H](NC(=O)OC(C)(C)C)C(=O)N[C@@H](Cc1ccccc1)C(=O)N[C@@H](Cc1ccccc1)C(O)C(=O)NCc1ccccc1. The van der Waals surface area contributed by atoms with E-state index in [-0.39, 0.29) is 19.4 Å². The fourth-order valence-corrected chi connectivity index (χ4v) is 4.37. The van der Waals surface area contributed by atoms with E-state index in [1.165, 1.54) is 6.92 Å². The number of alkyl carbamates (subject to hydrolysis) is 1. The summed E-state index contributed by atoms with van der Waals surface area (Å²) < 4.78 is 5.24. The van der Waals surface area contributed by atoms with Crippen molar-refractivity contribution in [3.8, 4) is 0 Å². The van der Waals surface area contributed by atoms with Gasteiger partial charge in [-0.15, -0.1) is 0 Å². The minimum atomic E-state index is -1.58. The molecule has 3 aromatic carbocycles. The third-order valence-electron chi connectivity index (χ3n) is 6.63. The van der Waals surface area contributed by atoms with Crippen LogP contribution in [0.2, 0.25) is 0 Å². The molecule has 44 heavy (non-hydrogen) atoms. The van der Waals surface area contributed by atoms with E-state index in [4.69, 9.17) is 4.74 Å². The molecule has 4 atom stereocenters. The molecule has 10 heteroatoms. The van der Waals surface area contributed by atoms with E-state index in [0.717, 1.165) is 16.7 Å². The van der Waals surface area contributed by atoms with E-state index in [1.807, 2.05) is 91.0 Å². The number of hydrogen-bond acceptors (Lipinski definition) is 6. The lowest BCUT2D eigenvalue weighted by atomic mass is 9.99. The Labute approximate surface area is 258 Å². The Kier molecular flexibility index (Phi) is 12.5. The van der Waals surface area contributed by atoms with Crippen molar-refractivity contribution in [2.75, 3.05) is 0 Å². The Morgan fingerprint density at radius 2 is 1.18 bits per heavy atom. The highest BCUT2D eigenvalue weighted by Crippen LogP contribution is 2.11. The van der Waals surface area contributed by atoms with Crippen LogP contribution in [0.5, 0.6) is 0 Å². The summed E-state index contributed by atoms with van der Waals surface area (Å²) in [5.74, 6) is -1.84. The summed E-state index contributed by atoms with van der Waals surface area (Å²) in [5, 5.41) is 21.8. The van der Waals surface area contributed by atoms with Gasteiger partial charge in [0.15, 0.2) is 6.10 Å². The highest BCUT2D eigenvalue weighted by molar-refractivity contribution is 5.92. The molecule has 1 unspecified atom stereocenters. The average molecular weight is 603 g/mol. The van der Waals surface area contributed by atoms with Crippen LogP contribution in [-0.4, -0.2) is 58.8 Å². The van der Waals surface area contributed by atoms with Gasteiger partial charge in [-0.2, -0.15) is 0 Å². The third-order valence-corrected chi connectivity index (χ3v) is 6.63. The van der Waals surface area contributed by atoms with E-state index in [2.05, 4.69) is 21.3 Å². The van der Waals surface area contributed by atoms with Crippen molar-refractivity contribution in [2.24, 2.45) is 0 Å². The van der Waals surface area contributed by atoms with Crippen LogP contribution in [0.1, 0.15) is 44.4 Å². The minimum absolute atomic E-state index is 0.131. The molecule has 0 saturated heterocycles. The van der Waals surface area contributed by atoms with Gasteiger partial charge in [0.05, 0.1) is 6.04 Å². The van der Waals surface area contributed by atoms with Gasteiger partial charge in [0.1, 0.15) is 17.7 Å². The molecule has 4 amide bonds. The molecular weight excluding hydrogens is 560 g/mol. The van der Waals surface area contributed by atoms with Gasteiger partial charge in [-0.1, -0.05) is 91.0 Å². The van der Waals surface area contributed by atoms with Crippen molar-refractivity contribution in [1.29, 1.82) is 0 Å². The zero-order valence-corrected chi connectivity index (χ0v) is 25.6. The molecule has 0 aliphatic heterocycles. The number of aliphatic hydroxyl groups is 1. The fraction of sp³-hybridized carbons (Fsp3) is 0.353. The molecule has 0 aliphatic carbocycles. The van der Waals surface area contributed by atoms with Crippen molar-refractivity contribution in [1.82, 2.24) is 21.3 Å². The Hall–Kier alpha value is -4.70. The van der Waals surface area contributed by atoms with Crippen LogP contribution in [0, 0.1) is 0 Å². The Balaban J connectivity index is 1.77. The molecular formula is C34H42N4O6. The van der Waals surface area contributed by atoms with E-state index in [1.54, 1.807) is 20.8 Å². The summed E-state index contributed by atoms with van der Waals surface area (Å²) in [4.78, 5) is 52.1. The Morgan fingerprint density at radius 3 is 1.70 bits per heavy atom. The van der Waals surface area contributed by atoms with Gasteiger partial charge in [0.2, 0.25) is 11.8 Å². The molecule has 0 bridgehead atoms. The summed E-state index contributed by atoms with van der Waals surface area (Å²) in [7, 11) is 0. The number of rotatable bonds is 13. The van der Waals surface area contributed by atoms with Crippen molar-refractivity contribution in [3.63, 3.8) is 0 Å². The number of ether oxygens (including phenoxy) is 1. The number of nitrogens with one attached hydrogen (secondary N) is 4. The zero-order chi connectivity index (χ0) is 32.1. The smallest absolute Gasteiger partial charge is 0.408 e. The van der Waals surface area contributed by atoms with Crippen LogP contribution in [0.25, 0.3) is 0 Å². The largest absolute Gasteiger partial charge is 0.444 e. The molecule has 5 N–H and O–H groups in total. The molecule has 234 valence electrons. The summed E-state index contributed by atoms with van der Waals surface area (Å²) >= 11 is 0. The van der Waals surface area contributed by atoms with Crippen LogP contribution >= 0.6 is 0 Å². The van der Waals surface area contributed by atoms with Gasteiger partial charge in [0.25, 0.3) is 5.91 Å². The molecule has 0 saturated carbocycles. The second-order valence-corrected chi connectivity index (χ2v) is 11.6. The van der Waals surface area contributed by atoms with Crippen LogP contribution in [0.15, 0.2) is 91.0 Å². The second-order valence-electron chi connectivity index (χ2n) is 11.6. The number of amides is 4. The molecule has 0 fully saturated rings. The Morgan fingerprint density at radius 1 is 0.682 bits per heavy atom. The van der Waals surface area contributed by atoms with E-state index < -0.39 is 53.6 Å². The van der Waals surface area contributed by atoms with Crippen molar-refractivity contribution < 1.29 is 29.0 Å². The van der Waals surface area contributed by atoms with Crippen molar-refractivity contribution >= 4 is 23.8 Å². The van der Waals surface area contributed by atoms with Crippen LogP contribution in [0.4, 0.5) is 4.79 Å². The zero-order valence-electron chi connectivity index (χ0n) is 25.6. The molecule has 0 radical (unpaired) electrons. The van der Waals surface area contributed by atoms with Gasteiger partial charge in [-0.05, 0) is 50.8 Å². The molecule has 0 spiro atoms. The summed E-state index contributed by atoms with van der Waals surface area (Å²) in [6.07, 6.45) is -2.05. The first kappa shape index (κ1) is 33.8. The first-order valence-corrected chi connectivity index (χ1v) is 14.6. The van der Waals surface area contributed by atoms with Crippen molar-refractivity contribution in [2.45, 2.75) is 76.9 Å². The first-order chi connectivity index (χ1) is 20.9. The number of hydrogen-bond donors (Lipinski definition) is 5. The average Bonchev–Trinajstić information content (AvgIpc) is 2.99. The summed E-state index contributed by atoms with van der Waals surface area (Å²) in [5.41, 5.74) is 1.68. The number of carbonyl (C=O) groups excluding carboxylic acids is 4. The van der Waals surface area contributed by atoms with Gasteiger partial charge in [0, 0.05) is 13.0 Å². The molecule has 3 aromatic rings. The van der Waals surface area contributed by atoms with Crippen LogP contribution < -0.4 is 21.3 Å². The highest BCUT2D eigenvalue weighted by atomic mass is 16.6. The number of carbonyl (C=O) groups is 4. The lowest BCUT2D eigenvalue weighted by molar-refractivity contribution is -0.134. The van der Waals surface area contributed by atoms with E-state index in [9.17, 15) is 24.3 Å². The highest BCUT2D eigenvalue weighted by Gasteiger charge is 2.32. The number of aliphatic hydroxyl groups excluding tert-OH is 1. The van der Waals surface area contributed by atoms with Crippen molar-refractivity contribution in [3.05, 3.63) is 108 Å². The lowest BCUT2D eigenvalue weighted by Gasteiger charge is -2.27. The maximum atomic E-state index is 13.7. The standard InChI is InChI=1S/C34H42N4O6/c1-23(36-33(43)44-34(2,3)4)30(40)38-28(21-25-16-10-6-11-17-25)31(41)37-27(20-24-14-8-5-9-15-24)29(39)32(42)35-22-26-18-12-7-13-19-26/h5-19,23,27-29,39H,20-22H2,1-4H3,(H,35,42)(H,36,43)(H,37,41)(H,38,40)/t23-,27-,28-,29?/m0/s1. The van der Waals surface area contributed by atoms with Gasteiger partial charge >= 0.3 is 6.09 Å². The predicted octanol–water partition coefficient (Wildman–Crippen LogP) is 3.03. The molecule has 0 aliphatic rings. The van der Waals surface area contributed by atoms with Crippen LogP contribution in [0.3, 0.4) is 0 Å². The summed E-state index contributed by atoms with van der Waals surface area (Å²) in [6.45, 7) is 6.81. The quantitative estimate of drug-likeness (QED) is 0.203. The lowest BCUT2D eigenvalue weighted by Crippen LogP contribution is -2.58. The maximum Gasteiger partial charge on any atom is 0.408 e. The molecule has 0 heterocycles. The van der Waals surface area contributed by atoms with E-state index >= 15 is 0 Å². The normalized spacial score (nSPS) is 13.8. The molecule has 10 nitrogen and oxygen atoms in total. The third kappa shape index (κ3) is 11.5. The van der Waals surface area contributed by atoms with Gasteiger partial charge in [-0.3, -0.25) is 14.4 Å². The fourth-order valence-electron chi connectivity index (χ4n) is 4.37. The number of benzene rings is 3. The molecule has 0 aromatic heterocycles. The maximum absolute atomic E-state index is 13.7. The second kappa shape index (κ2) is 16.2. The topological polar surface area (TPSA) is 146 Å². The first-order valence-electron chi connectivity index (χ1n) is 14.6. The molecule has 3 rings (SSSR count). The van der Waals surface area contributed by atoms with Gasteiger partial charge < -0.3 is 31.1 Å². The van der Waals surface area contributed by atoms with Crippen LogP contribution in [-0.2, 0) is 38.5 Å². The van der Waals surface area contributed by atoms with E-state index in [0.29, 0.717) is 0 Å². The minimum Gasteiger partial charge on any atom is -0.444 e. The summed E-state index contributed by atoms with van der Waals surface area (Å²) in [6, 6.07) is 24.5.